The van der Waals surface area contributed by atoms with Gasteiger partial charge in [-0.05, 0) is 56.8 Å². The number of hydrogen-bond acceptors (Lipinski definition) is 8. The van der Waals surface area contributed by atoms with E-state index in [9.17, 15) is 23.6 Å². The van der Waals surface area contributed by atoms with Crippen molar-refractivity contribution >= 4 is 55.1 Å². The predicted octanol–water partition coefficient (Wildman–Crippen LogP) is 3.11. The average molecular weight is 692 g/mol. The Bertz CT molecular complexity index is 1930. The molecule has 260 valence electrons. The van der Waals surface area contributed by atoms with Crippen molar-refractivity contribution in [2.75, 3.05) is 33.2 Å². The van der Waals surface area contributed by atoms with Crippen LogP contribution in [-0.2, 0) is 23.1 Å². The van der Waals surface area contributed by atoms with Crippen molar-refractivity contribution in [1.82, 2.24) is 39.3 Å². The van der Waals surface area contributed by atoms with E-state index in [1.807, 2.05) is 18.2 Å². The summed E-state index contributed by atoms with van der Waals surface area (Å²) in [6.07, 6.45) is 7.14. The van der Waals surface area contributed by atoms with Crippen molar-refractivity contribution in [3.05, 3.63) is 69.8 Å². The van der Waals surface area contributed by atoms with Gasteiger partial charge in [0.1, 0.15) is 24.2 Å². The normalized spacial score (nSPS) is 15.5. The molecule has 0 saturated carbocycles. The highest BCUT2D eigenvalue weighted by molar-refractivity contribution is 7.43. The SMILES string of the molecule is CNC(=O)C(CCC=O)n1c(=O)n(C)c2c(CCCCN3CC(P/C=C(\C=N)c4cnn5c(C(=O)NCC(C)F)cnc5c4)C3)cccc21. The monoisotopic (exact) mass is 691 g/mol. The zero-order valence-electron chi connectivity index (χ0n) is 28.0. The number of alkyl halides is 1. The number of nitrogens with one attached hydrogen (secondary N) is 3. The maximum Gasteiger partial charge on any atom is 0.329 e. The van der Waals surface area contributed by atoms with E-state index in [4.69, 9.17) is 5.41 Å². The van der Waals surface area contributed by atoms with Gasteiger partial charge in [-0.3, -0.25) is 18.7 Å². The summed E-state index contributed by atoms with van der Waals surface area (Å²) >= 11 is 0. The van der Waals surface area contributed by atoms with Crippen molar-refractivity contribution in [2.45, 2.75) is 56.9 Å². The van der Waals surface area contributed by atoms with E-state index < -0.39 is 18.1 Å². The molecule has 0 radical (unpaired) electrons. The number of aryl methyl sites for hydroxylation is 2. The van der Waals surface area contributed by atoms with Gasteiger partial charge in [-0.1, -0.05) is 26.5 Å². The van der Waals surface area contributed by atoms with Crippen molar-refractivity contribution in [2.24, 2.45) is 7.05 Å². The van der Waals surface area contributed by atoms with Crippen molar-refractivity contribution < 1.29 is 18.8 Å². The van der Waals surface area contributed by atoms with Gasteiger partial charge >= 0.3 is 5.69 Å². The second-order valence-corrected chi connectivity index (χ2v) is 13.8. The number of unbranched alkanes of at least 4 members (excludes halogenated alkanes) is 1. The molecule has 5 rings (SSSR count). The molecule has 2 amide bonds. The molecule has 4 aromatic rings. The second kappa shape index (κ2) is 16.2. The number of para-hydroxylation sites is 1. The Morgan fingerprint density at radius 1 is 1.22 bits per heavy atom. The van der Waals surface area contributed by atoms with E-state index in [2.05, 4.69) is 31.4 Å². The van der Waals surface area contributed by atoms with Crippen LogP contribution in [-0.4, -0.2) is 98.0 Å². The molecule has 3 aromatic heterocycles. The number of nitrogens with zero attached hydrogens (tertiary/aromatic N) is 6. The van der Waals surface area contributed by atoms with E-state index >= 15 is 0 Å². The predicted molar refractivity (Wildman–Crippen MR) is 190 cm³/mol. The van der Waals surface area contributed by atoms with Crippen LogP contribution in [0.15, 0.2) is 47.3 Å². The maximum atomic E-state index is 13.3. The van der Waals surface area contributed by atoms with E-state index in [1.54, 1.807) is 23.9 Å². The van der Waals surface area contributed by atoms with Gasteiger partial charge in [-0.25, -0.2) is 18.7 Å². The number of likely N-dealkylation sites (N-methyl/N-ethyl adjacent to an activating group) is 1. The third-order valence-corrected chi connectivity index (χ3v) is 10.1. The summed E-state index contributed by atoms with van der Waals surface area (Å²) < 4.78 is 17.7. The number of imidazole rings is 2. The molecule has 15 heteroatoms. The molecule has 1 saturated heterocycles. The molecule has 3 unspecified atom stereocenters. The molecule has 1 aromatic carbocycles. The van der Waals surface area contributed by atoms with Gasteiger partial charge < -0.3 is 25.7 Å². The summed E-state index contributed by atoms with van der Waals surface area (Å²) in [5, 5.41) is 17.5. The molecule has 3 N–H and O–H groups in total. The Balaban J connectivity index is 1.13. The van der Waals surface area contributed by atoms with Crippen molar-refractivity contribution in [3.8, 4) is 0 Å². The topological polar surface area (TPSA) is 159 Å². The van der Waals surface area contributed by atoms with Crippen LogP contribution in [0.2, 0.25) is 0 Å². The first-order valence-corrected chi connectivity index (χ1v) is 17.6. The van der Waals surface area contributed by atoms with Gasteiger partial charge in [0.15, 0.2) is 5.65 Å². The molecule has 3 atom stereocenters. The van der Waals surface area contributed by atoms with Gasteiger partial charge in [-0.15, -0.1) is 0 Å². The zero-order valence-corrected chi connectivity index (χ0v) is 29.0. The molecule has 0 spiro atoms. The smallest absolute Gasteiger partial charge is 0.329 e. The summed E-state index contributed by atoms with van der Waals surface area (Å²) in [6, 6.07) is 6.85. The standard InChI is InChI=1S/C34H43FN9O4P/c1-22(35)16-39-33(47)29-18-38-30-14-24(17-40-44(29)30)25(15-36)21-49-26-19-42(20-26)12-5-4-8-23-9-6-10-27-31(23)41(3)34(48)43(27)28(11-7-13-45)32(46)37-2/h6,9-10,13-15,17-18,21-22,26,28,36,49H,4-5,7-8,11-12,16,19-20H2,1-3H3,(H,37,46)(H,39,47)/b25-21+,36-15?. The van der Waals surface area contributed by atoms with Crippen LogP contribution in [0.5, 0.6) is 0 Å². The molecule has 1 aliphatic heterocycles. The summed E-state index contributed by atoms with van der Waals surface area (Å²) in [5.74, 6) is 1.33. The van der Waals surface area contributed by atoms with E-state index in [0.717, 1.165) is 67.4 Å². The average Bonchev–Trinajstić information content (AvgIpc) is 3.62. The minimum Gasteiger partial charge on any atom is -0.357 e. The van der Waals surface area contributed by atoms with Gasteiger partial charge in [0.25, 0.3) is 5.91 Å². The quantitative estimate of drug-likeness (QED) is 0.0664. The zero-order chi connectivity index (χ0) is 35.1. The lowest BCUT2D eigenvalue weighted by atomic mass is 10.0. The summed E-state index contributed by atoms with van der Waals surface area (Å²) in [7, 11) is 3.80. The van der Waals surface area contributed by atoms with Gasteiger partial charge in [0, 0.05) is 63.2 Å². The van der Waals surface area contributed by atoms with Gasteiger partial charge in [0.2, 0.25) is 5.91 Å². The second-order valence-electron chi connectivity index (χ2n) is 12.3. The fourth-order valence-electron chi connectivity index (χ4n) is 6.23. The molecular weight excluding hydrogens is 648 g/mol. The van der Waals surface area contributed by atoms with Crippen LogP contribution in [0.1, 0.15) is 60.3 Å². The maximum absolute atomic E-state index is 13.3. The number of allylic oxidation sites excluding steroid dienone is 1. The molecule has 13 nitrogen and oxygen atoms in total. The highest BCUT2D eigenvalue weighted by Gasteiger charge is 2.27. The molecule has 1 aliphatic rings. The van der Waals surface area contributed by atoms with Crippen molar-refractivity contribution in [1.29, 1.82) is 5.41 Å². The first-order valence-electron chi connectivity index (χ1n) is 16.5. The highest BCUT2D eigenvalue weighted by atomic mass is 31.1. The van der Waals surface area contributed by atoms with Crippen molar-refractivity contribution in [3.63, 3.8) is 0 Å². The number of rotatable bonds is 17. The number of aldehydes is 1. The van der Waals surface area contributed by atoms with Crippen LogP contribution in [0.25, 0.3) is 22.3 Å². The van der Waals surface area contributed by atoms with Gasteiger partial charge in [0.05, 0.1) is 23.4 Å². The number of fused-ring (bicyclic) bond motifs is 2. The first-order chi connectivity index (χ1) is 23.7. The Morgan fingerprint density at radius 2 is 2.02 bits per heavy atom. The number of aromatic nitrogens is 5. The fourth-order valence-corrected chi connectivity index (χ4v) is 7.62. The first kappa shape index (κ1) is 35.7. The van der Waals surface area contributed by atoms with Crippen LogP contribution < -0.4 is 16.3 Å². The molecule has 4 heterocycles. The van der Waals surface area contributed by atoms with E-state index in [-0.39, 0.29) is 36.7 Å². The Hall–Kier alpha value is -4.55. The van der Waals surface area contributed by atoms with Crippen LogP contribution in [0, 0.1) is 5.41 Å². The number of hydrogen-bond donors (Lipinski definition) is 3. The molecule has 0 bridgehead atoms. The summed E-state index contributed by atoms with van der Waals surface area (Å²) in [4.78, 5) is 56.1. The largest absolute Gasteiger partial charge is 0.357 e. The lowest BCUT2D eigenvalue weighted by Crippen LogP contribution is -2.48. The minimum atomic E-state index is -1.16. The Morgan fingerprint density at radius 3 is 2.73 bits per heavy atom. The Labute approximate surface area is 285 Å². The number of likely N-dealkylation sites (tertiary alicyclic amines) is 1. The van der Waals surface area contributed by atoms with E-state index in [0.29, 0.717) is 25.4 Å². The minimum absolute atomic E-state index is 0.0892. The molecule has 49 heavy (non-hydrogen) atoms. The highest BCUT2D eigenvalue weighted by Crippen LogP contribution is 2.32. The number of carbonyl (C=O) groups excluding carboxylic acids is 3. The number of benzene rings is 1. The lowest BCUT2D eigenvalue weighted by molar-refractivity contribution is -0.124. The lowest BCUT2D eigenvalue weighted by Gasteiger charge is -2.39. The molecular formula is C34H43FN9O4P. The van der Waals surface area contributed by atoms with Gasteiger partial charge in [-0.2, -0.15) is 5.10 Å². The van der Waals surface area contributed by atoms with Crippen LogP contribution in [0.4, 0.5) is 4.39 Å². The number of halogens is 1. The molecule has 0 aliphatic carbocycles. The van der Waals surface area contributed by atoms with Crippen LogP contribution >= 0.6 is 8.58 Å². The van der Waals surface area contributed by atoms with E-state index in [1.165, 1.54) is 35.5 Å². The fraction of sp³-hybridized carbons (Fsp3) is 0.441. The third kappa shape index (κ3) is 8.02. The summed E-state index contributed by atoms with van der Waals surface area (Å²) in [5.41, 5.74) is 5.01. The number of carbonyl (C=O) groups is 3. The number of amides is 2. The third-order valence-electron chi connectivity index (χ3n) is 8.83. The molecule has 1 fully saturated rings. The Kier molecular flexibility index (Phi) is 11.8. The summed E-state index contributed by atoms with van der Waals surface area (Å²) in [6.45, 7) is 4.23. The van der Waals surface area contributed by atoms with Crippen LogP contribution in [0.3, 0.4) is 0 Å².